The summed E-state index contributed by atoms with van der Waals surface area (Å²) in [6, 6.07) is 21.7. The molecular weight excluding hydrogens is 480 g/mol. The van der Waals surface area contributed by atoms with E-state index in [-0.39, 0.29) is 11.7 Å². The first-order chi connectivity index (χ1) is 18.6. The summed E-state index contributed by atoms with van der Waals surface area (Å²) in [5.41, 5.74) is 4.11. The third kappa shape index (κ3) is 4.39. The average molecular weight is 506 g/mol. The van der Waals surface area contributed by atoms with Crippen molar-refractivity contribution >= 4 is 39.0 Å². The number of halogens is 2. The molecule has 0 radical (unpaired) electrons. The smallest absolute Gasteiger partial charge is 0.160 e. The van der Waals surface area contributed by atoms with Gasteiger partial charge in [-0.2, -0.15) is 0 Å². The highest BCUT2D eigenvalue weighted by Crippen LogP contribution is 2.33. The summed E-state index contributed by atoms with van der Waals surface area (Å²) in [5.74, 6) is 0.131. The van der Waals surface area contributed by atoms with E-state index in [1.165, 1.54) is 18.2 Å². The predicted molar refractivity (Wildman–Crippen MR) is 152 cm³/mol. The number of aromatic nitrogens is 3. The molecule has 5 nitrogen and oxygen atoms in total. The molecule has 5 aromatic rings. The van der Waals surface area contributed by atoms with E-state index in [0.29, 0.717) is 34.0 Å². The predicted octanol–water partition coefficient (Wildman–Crippen LogP) is 7.40. The molecule has 0 atom stereocenters. The molecule has 0 bridgehead atoms. The maximum Gasteiger partial charge on any atom is 0.160 e. The normalized spacial score (nSPS) is 11.9. The highest BCUT2D eigenvalue weighted by Gasteiger charge is 2.23. The Kier molecular flexibility index (Phi) is 6.91. The minimum atomic E-state index is -0.660. The summed E-state index contributed by atoms with van der Waals surface area (Å²) in [6.07, 6.45) is 6.26. The summed E-state index contributed by atoms with van der Waals surface area (Å²) >= 11 is 0. The SMILES string of the molecule is C=C/C=C(\C=C/CF)c1nc(C(=N)n2c3ccccc3c3ccccc32)c(NC)nc1-c1ccc(F)cc1. The maximum atomic E-state index is 13.7. The molecule has 2 aromatic heterocycles. The Morgan fingerprint density at radius 1 is 0.947 bits per heavy atom. The molecule has 188 valence electrons. The molecule has 3 aromatic carbocycles. The average Bonchev–Trinajstić information content (AvgIpc) is 3.29. The zero-order chi connectivity index (χ0) is 26.6. The first kappa shape index (κ1) is 24.8. The van der Waals surface area contributed by atoms with Gasteiger partial charge in [-0.25, -0.2) is 18.7 Å². The van der Waals surface area contributed by atoms with E-state index in [1.54, 1.807) is 37.4 Å². The lowest BCUT2D eigenvalue weighted by Gasteiger charge is -2.17. The van der Waals surface area contributed by atoms with Gasteiger partial charge in [0.15, 0.2) is 11.7 Å². The largest absolute Gasteiger partial charge is 0.371 e. The molecule has 7 heteroatoms. The fourth-order valence-electron chi connectivity index (χ4n) is 4.57. The van der Waals surface area contributed by atoms with Gasteiger partial charge in [-0.1, -0.05) is 67.3 Å². The van der Waals surface area contributed by atoms with E-state index in [9.17, 15) is 14.2 Å². The van der Waals surface area contributed by atoms with Crippen molar-refractivity contribution in [1.82, 2.24) is 14.5 Å². The highest BCUT2D eigenvalue weighted by molar-refractivity contribution is 6.17. The van der Waals surface area contributed by atoms with Crippen LogP contribution in [0.1, 0.15) is 11.4 Å². The van der Waals surface area contributed by atoms with E-state index in [0.717, 1.165) is 21.8 Å². The monoisotopic (exact) mass is 505 g/mol. The topological polar surface area (TPSA) is 66.6 Å². The van der Waals surface area contributed by atoms with Crippen LogP contribution in [0.25, 0.3) is 38.6 Å². The van der Waals surface area contributed by atoms with Crippen LogP contribution in [0.5, 0.6) is 0 Å². The zero-order valence-electron chi connectivity index (χ0n) is 20.7. The van der Waals surface area contributed by atoms with Crippen molar-refractivity contribution in [2.24, 2.45) is 0 Å². The number of fused-ring (bicyclic) bond motifs is 3. The molecule has 0 aliphatic carbocycles. The van der Waals surface area contributed by atoms with Crippen molar-refractivity contribution in [3.63, 3.8) is 0 Å². The number of nitrogens with zero attached hydrogens (tertiary/aromatic N) is 3. The minimum Gasteiger partial charge on any atom is -0.371 e. The summed E-state index contributed by atoms with van der Waals surface area (Å²) in [5, 5.41) is 14.5. The van der Waals surface area contributed by atoms with Gasteiger partial charge in [0.25, 0.3) is 0 Å². The Morgan fingerprint density at radius 3 is 2.16 bits per heavy atom. The highest BCUT2D eigenvalue weighted by atomic mass is 19.1. The van der Waals surface area contributed by atoms with E-state index < -0.39 is 6.67 Å². The van der Waals surface area contributed by atoms with Crippen LogP contribution < -0.4 is 5.32 Å². The number of para-hydroxylation sites is 2. The van der Waals surface area contributed by atoms with E-state index in [1.807, 2.05) is 53.1 Å². The molecule has 0 saturated heterocycles. The van der Waals surface area contributed by atoms with Crippen LogP contribution in [0.2, 0.25) is 0 Å². The van der Waals surface area contributed by atoms with Gasteiger partial charge < -0.3 is 5.32 Å². The van der Waals surface area contributed by atoms with Gasteiger partial charge in [-0.05, 0) is 36.4 Å². The molecule has 2 heterocycles. The van der Waals surface area contributed by atoms with Crippen LogP contribution in [0.4, 0.5) is 14.6 Å². The first-order valence-corrected chi connectivity index (χ1v) is 12.1. The Bertz CT molecular complexity index is 1680. The van der Waals surface area contributed by atoms with Crippen LogP contribution in [0.15, 0.2) is 104 Å². The van der Waals surface area contributed by atoms with Crippen molar-refractivity contribution in [2.75, 3.05) is 19.0 Å². The van der Waals surface area contributed by atoms with Crippen molar-refractivity contribution < 1.29 is 8.78 Å². The van der Waals surface area contributed by atoms with Gasteiger partial charge in [-0.15, -0.1) is 0 Å². The second-order valence-corrected chi connectivity index (χ2v) is 8.51. The standard InChI is InChI=1S/C31H25F2N5/c1-3-9-20(10-8-19-32)27-28(21-15-17-22(33)18-16-21)37-31(35-2)29(36-27)30(34)38-25-13-6-4-11-23(25)24-12-5-7-14-26(24)38/h3-18,34H,1,19H2,2H3,(H,35,37)/b10-8-,20-9+,34-30?. The zero-order valence-corrected chi connectivity index (χ0v) is 20.7. The summed E-state index contributed by atoms with van der Waals surface area (Å²) in [6.45, 7) is 3.13. The Balaban J connectivity index is 1.80. The fourth-order valence-corrected chi connectivity index (χ4v) is 4.57. The molecule has 5 rings (SSSR count). The Labute approximate surface area is 219 Å². The van der Waals surface area contributed by atoms with Gasteiger partial charge in [0.2, 0.25) is 0 Å². The number of anilines is 1. The Hall–Kier alpha value is -4.91. The second kappa shape index (κ2) is 10.6. The number of hydrogen-bond donors (Lipinski definition) is 2. The van der Waals surface area contributed by atoms with Crippen molar-refractivity contribution in [2.45, 2.75) is 0 Å². The van der Waals surface area contributed by atoms with Gasteiger partial charge in [0, 0.05) is 29.0 Å². The van der Waals surface area contributed by atoms with E-state index >= 15 is 0 Å². The lowest BCUT2D eigenvalue weighted by molar-refractivity contribution is 0.562. The van der Waals surface area contributed by atoms with Crippen molar-refractivity contribution in [3.05, 3.63) is 121 Å². The third-order valence-electron chi connectivity index (χ3n) is 6.24. The van der Waals surface area contributed by atoms with Gasteiger partial charge in [0.1, 0.15) is 18.2 Å². The van der Waals surface area contributed by atoms with Gasteiger partial charge in [0.05, 0.1) is 22.4 Å². The summed E-state index contributed by atoms with van der Waals surface area (Å²) < 4.78 is 28.7. The van der Waals surface area contributed by atoms with Crippen molar-refractivity contribution in [1.29, 1.82) is 5.41 Å². The molecule has 0 aliphatic heterocycles. The van der Waals surface area contributed by atoms with Crippen molar-refractivity contribution in [3.8, 4) is 11.3 Å². The Morgan fingerprint density at radius 2 is 1.58 bits per heavy atom. The molecule has 0 saturated carbocycles. The third-order valence-corrected chi connectivity index (χ3v) is 6.24. The fraction of sp³-hybridized carbons (Fsp3) is 0.0645. The molecule has 0 fully saturated rings. The second-order valence-electron chi connectivity index (χ2n) is 8.51. The number of hydrogen-bond acceptors (Lipinski definition) is 4. The number of nitrogens with one attached hydrogen (secondary N) is 2. The summed E-state index contributed by atoms with van der Waals surface area (Å²) in [7, 11) is 1.71. The molecule has 38 heavy (non-hydrogen) atoms. The van der Waals surface area contributed by atoms with Gasteiger partial charge >= 0.3 is 0 Å². The molecule has 0 aliphatic rings. The van der Waals surface area contributed by atoms with E-state index in [2.05, 4.69) is 11.9 Å². The van der Waals surface area contributed by atoms with Crippen LogP contribution in [-0.4, -0.2) is 34.1 Å². The number of allylic oxidation sites excluding steroid dienone is 5. The van der Waals surface area contributed by atoms with Crippen LogP contribution in [0, 0.1) is 11.2 Å². The minimum absolute atomic E-state index is 0.124. The number of rotatable bonds is 7. The number of alkyl halides is 1. The van der Waals surface area contributed by atoms with E-state index in [4.69, 9.17) is 9.97 Å². The van der Waals surface area contributed by atoms with Gasteiger partial charge in [-0.3, -0.25) is 9.98 Å². The summed E-state index contributed by atoms with van der Waals surface area (Å²) in [4.78, 5) is 9.77. The number of benzene rings is 3. The lowest BCUT2D eigenvalue weighted by atomic mass is 10.0. The molecule has 2 N–H and O–H groups in total. The lowest BCUT2D eigenvalue weighted by Crippen LogP contribution is -2.18. The first-order valence-electron chi connectivity index (χ1n) is 12.1. The molecule has 0 unspecified atom stereocenters. The molecule has 0 spiro atoms. The molecular formula is C31H25F2N5. The quantitative estimate of drug-likeness (QED) is 0.138. The van der Waals surface area contributed by atoms with Crippen LogP contribution in [0.3, 0.4) is 0 Å². The molecule has 0 amide bonds. The maximum absolute atomic E-state index is 13.7. The van der Waals surface area contributed by atoms with Crippen LogP contribution in [-0.2, 0) is 0 Å². The van der Waals surface area contributed by atoms with Crippen LogP contribution >= 0.6 is 0 Å².